The second kappa shape index (κ2) is 5.58. The average Bonchev–Trinajstić information content (AvgIpc) is 2.27. The molecule has 92 valence electrons. The molecule has 1 N–H and O–H groups in total. The van der Waals surface area contributed by atoms with Gasteiger partial charge in [0.1, 0.15) is 5.82 Å². The van der Waals surface area contributed by atoms with E-state index in [2.05, 4.69) is 16.2 Å². The Balaban J connectivity index is 2.95. The van der Waals surface area contributed by atoms with Crippen molar-refractivity contribution in [1.82, 2.24) is 4.98 Å². The van der Waals surface area contributed by atoms with Crippen LogP contribution in [0.1, 0.15) is 25.3 Å². The third-order valence-corrected chi connectivity index (χ3v) is 2.31. The van der Waals surface area contributed by atoms with Crippen LogP contribution in [0.25, 0.3) is 0 Å². The first kappa shape index (κ1) is 13.4. The third kappa shape index (κ3) is 3.66. The zero-order valence-corrected chi connectivity index (χ0v) is 9.38. The van der Waals surface area contributed by atoms with Crippen molar-refractivity contribution in [3.63, 3.8) is 0 Å². The minimum absolute atomic E-state index is 0.165. The maximum Gasteiger partial charge on any atom is 0.419 e. The number of aromatic nitrogens is 1. The smallest absolute Gasteiger partial charge is 0.366 e. The van der Waals surface area contributed by atoms with E-state index in [4.69, 9.17) is 6.42 Å². The van der Waals surface area contributed by atoms with Crippen molar-refractivity contribution in [2.45, 2.75) is 32.0 Å². The van der Waals surface area contributed by atoms with E-state index < -0.39 is 11.7 Å². The molecule has 1 unspecified atom stereocenters. The summed E-state index contributed by atoms with van der Waals surface area (Å²) in [6.07, 6.45) is 3.06. The van der Waals surface area contributed by atoms with Gasteiger partial charge in [-0.3, -0.25) is 0 Å². The molecule has 5 heteroatoms. The molecule has 1 atom stereocenters. The lowest BCUT2D eigenvalue weighted by Crippen LogP contribution is -2.21. The molecule has 17 heavy (non-hydrogen) atoms. The van der Waals surface area contributed by atoms with E-state index in [0.717, 1.165) is 6.07 Å². The minimum Gasteiger partial charge on any atom is -0.366 e. The molecular weight excluding hydrogens is 229 g/mol. The maximum absolute atomic E-state index is 12.7. The van der Waals surface area contributed by atoms with Gasteiger partial charge in [0.2, 0.25) is 0 Å². The number of terminal acetylenes is 1. The largest absolute Gasteiger partial charge is 0.419 e. The molecule has 0 spiro atoms. The fourth-order valence-corrected chi connectivity index (χ4v) is 1.38. The van der Waals surface area contributed by atoms with Gasteiger partial charge < -0.3 is 5.32 Å². The Morgan fingerprint density at radius 1 is 1.53 bits per heavy atom. The van der Waals surface area contributed by atoms with E-state index in [1.807, 2.05) is 6.92 Å². The molecule has 1 aromatic rings. The molecule has 0 aliphatic rings. The summed E-state index contributed by atoms with van der Waals surface area (Å²) in [4.78, 5) is 3.72. The molecule has 1 heterocycles. The predicted octanol–water partition coefficient (Wildman–Crippen LogP) is 3.31. The van der Waals surface area contributed by atoms with Crippen molar-refractivity contribution in [3.8, 4) is 12.3 Å². The fourth-order valence-electron chi connectivity index (χ4n) is 1.38. The number of halogens is 3. The van der Waals surface area contributed by atoms with Crippen LogP contribution in [0.4, 0.5) is 19.0 Å². The highest BCUT2D eigenvalue weighted by Crippen LogP contribution is 2.33. The normalized spacial score (nSPS) is 12.9. The van der Waals surface area contributed by atoms with E-state index in [0.29, 0.717) is 12.8 Å². The van der Waals surface area contributed by atoms with Gasteiger partial charge in [0.15, 0.2) is 0 Å². The van der Waals surface area contributed by atoms with E-state index in [1.54, 1.807) is 0 Å². The summed E-state index contributed by atoms with van der Waals surface area (Å²) in [7, 11) is 0. The first-order chi connectivity index (χ1) is 7.99. The number of anilines is 1. The molecular formula is C12H13F3N2. The van der Waals surface area contributed by atoms with E-state index in [9.17, 15) is 13.2 Å². The SMILES string of the molecule is C#CCC(CC)Nc1ncccc1C(F)(F)F. The van der Waals surface area contributed by atoms with Crippen LogP contribution < -0.4 is 5.32 Å². The molecule has 0 aliphatic heterocycles. The summed E-state index contributed by atoms with van der Waals surface area (Å²) in [5, 5.41) is 2.73. The molecule has 0 fully saturated rings. The highest BCUT2D eigenvalue weighted by molar-refractivity contribution is 5.46. The summed E-state index contributed by atoms with van der Waals surface area (Å²) in [6, 6.07) is 2.06. The third-order valence-electron chi connectivity index (χ3n) is 2.31. The molecule has 0 bridgehead atoms. The highest BCUT2D eigenvalue weighted by atomic mass is 19.4. The Hall–Kier alpha value is -1.70. The second-order valence-electron chi connectivity index (χ2n) is 3.56. The van der Waals surface area contributed by atoms with Gasteiger partial charge in [0, 0.05) is 18.7 Å². The van der Waals surface area contributed by atoms with Gasteiger partial charge >= 0.3 is 6.18 Å². The van der Waals surface area contributed by atoms with Gasteiger partial charge in [-0.25, -0.2) is 4.98 Å². The lowest BCUT2D eigenvalue weighted by Gasteiger charge is -2.18. The van der Waals surface area contributed by atoms with Crippen molar-refractivity contribution < 1.29 is 13.2 Å². The summed E-state index contributed by atoms with van der Waals surface area (Å²) in [5.41, 5.74) is -0.768. The van der Waals surface area contributed by atoms with Crippen molar-refractivity contribution in [3.05, 3.63) is 23.9 Å². The van der Waals surface area contributed by atoms with Crippen LogP contribution in [-0.2, 0) is 6.18 Å². The molecule has 1 aromatic heterocycles. The molecule has 0 saturated heterocycles. The van der Waals surface area contributed by atoms with Crippen LogP contribution in [-0.4, -0.2) is 11.0 Å². The molecule has 0 aromatic carbocycles. The van der Waals surface area contributed by atoms with Crippen LogP contribution in [0.5, 0.6) is 0 Å². The summed E-state index contributed by atoms with van der Waals surface area (Å²) >= 11 is 0. The number of rotatable bonds is 4. The lowest BCUT2D eigenvalue weighted by atomic mass is 10.1. The lowest BCUT2D eigenvalue weighted by molar-refractivity contribution is -0.137. The number of pyridine rings is 1. The summed E-state index contributed by atoms with van der Waals surface area (Å²) in [5.74, 6) is 2.26. The Morgan fingerprint density at radius 3 is 2.76 bits per heavy atom. The van der Waals surface area contributed by atoms with Crippen LogP contribution in [0, 0.1) is 12.3 Å². The van der Waals surface area contributed by atoms with E-state index in [-0.39, 0.29) is 11.9 Å². The number of hydrogen-bond donors (Lipinski definition) is 1. The fraction of sp³-hybridized carbons (Fsp3) is 0.417. The average molecular weight is 242 g/mol. The van der Waals surface area contributed by atoms with Crippen molar-refractivity contribution >= 4 is 5.82 Å². The van der Waals surface area contributed by atoms with Crippen LogP contribution in [0.2, 0.25) is 0 Å². The number of nitrogens with one attached hydrogen (secondary N) is 1. The number of hydrogen-bond acceptors (Lipinski definition) is 2. The standard InChI is InChI=1S/C12H13F3N2/c1-3-6-9(4-2)17-11-10(12(13,14)15)7-5-8-16-11/h1,5,7-9H,4,6H2,2H3,(H,16,17). The molecule has 2 nitrogen and oxygen atoms in total. The Bertz CT molecular complexity index is 407. The Morgan fingerprint density at radius 2 is 2.24 bits per heavy atom. The predicted molar refractivity (Wildman–Crippen MR) is 60.4 cm³/mol. The first-order valence-corrected chi connectivity index (χ1v) is 5.21. The molecule has 0 radical (unpaired) electrons. The number of nitrogens with zero attached hydrogens (tertiary/aromatic N) is 1. The van der Waals surface area contributed by atoms with Gasteiger partial charge in [-0.05, 0) is 18.6 Å². The highest BCUT2D eigenvalue weighted by Gasteiger charge is 2.34. The summed E-state index contributed by atoms with van der Waals surface area (Å²) in [6.45, 7) is 1.85. The van der Waals surface area contributed by atoms with Gasteiger partial charge in [-0.2, -0.15) is 13.2 Å². The minimum atomic E-state index is -4.41. The van der Waals surface area contributed by atoms with Gasteiger partial charge in [-0.15, -0.1) is 12.3 Å². The van der Waals surface area contributed by atoms with Gasteiger partial charge in [0.05, 0.1) is 5.56 Å². The molecule has 0 amide bonds. The van der Waals surface area contributed by atoms with Crippen molar-refractivity contribution in [2.75, 3.05) is 5.32 Å². The van der Waals surface area contributed by atoms with E-state index in [1.165, 1.54) is 12.3 Å². The second-order valence-corrected chi connectivity index (χ2v) is 3.56. The zero-order chi connectivity index (χ0) is 12.9. The van der Waals surface area contributed by atoms with Crippen LogP contribution in [0.3, 0.4) is 0 Å². The Kier molecular flexibility index (Phi) is 4.38. The van der Waals surface area contributed by atoms with E-state index >= 15 is 0 Å². The van der Waals surface area contributed by atoms with Crippen LogP contribution >= 0.6 is 0 Å². The summed E-state index contributed by atoms with van der Waals surface area (Å²) < 4.78 is 38.0. The molecule has 0 aliphatic carbocycles. The van der Waals surface area contributed by atoms with Crippen molar-refractivity contribution in [2.24, 2.45) is 0 Å². The number of alkyl halides is 3. The monoisotopic (exact) mass is 242 g/mol. The maximum atomic E-state index is 12.7. The topological polar surface area (TPSA) is 24.9 Å². The zero-order valence-electron chi connectivity index (χ0n) is 9.38. The van der Waals surface area contributed by atoms with Gasteiger partial charge in [-0.1, -0.05) is 6.92 Å². The van der Waals surface area contributed by atoms with Crippen LogP contribution in [0.15, 0.2) is 18.3 Å². The molecule has 0 saturated carbocycles. The van der Waals surface area contributed by atoms with Gasteiger partial charge in [0.25, 0.3) is 0 Å². The first-order valence-electron chi connectivity index (χ1n) is 5.21. The molecule has 1 rings (SSSR count). The quantitative estimate of drug-likeness (QED) is 0.819. The van der Waals surface area contributed by atoms with Crippen molar-refractivity contribution in [1.29, 1.82) is 0 Å². The Labute approximate surface area is 98.3 Å².